The highest BCUT2D eigenvalue weighted by Crippen LogP contribution is 2.17. The van der Waals surface area contributed by atoms with Crippen molar-refractivity contribution >= 4 is 23.4 Å². The van der Waals surface area contributed by atoms with Gasteiger partial charge < -0.3 is 10.1 Å². The average molecular weight is 319 g/mol. The molecule has 0 unspecified atom stereocenters. The van der Waals surface area contributed by atoms with Gasteiger partial charge in [-0.05, 0) is 22.9 Å². The minimum Gasteiger partial charge on any atom is -0.380 e. The van der Waals surface area contributed by atoms with E-state index < -0.39 is 0 Å². The molecule has 0 fully saturated rings. The first-order valence-electron chi connectivity index (χ1n) is 7.13. The standard InChI is InChI=1S/C16H21N3O2S/c1-11(2)22-10-14-8-15(20)19-16(18-14)17-13-6-4-12(5-7-13)9-21-3/h4-8,11H,9-10H2,1-3H3,(H2,17,18,19,20). The Bertz CT molecular complexity index is 653. The first-order valence-corrected chi connectivity index (χ1v) is 8.18. The molecule has 0 aliphatic carbocycles. The lowest BCUT2D eigenvalue weighted by atomic mass is 10.2. The number of aromatic nitrogens is 2. The van der Waals surface area contributed by atoms with Crippen LogP contribution in [-0.4, -0.2) is 22.3 Å². The smallest absolute Gasteiger partial charge is 0.252 e. The summed E-state index contributed by atoms with van der Waals surface area (Å²) in [5.74, 6) is 1.19. The Kier molecular flexibility index (Phi) is 6.03. The van der Waals surface area contributed by atoms with Gasteiger partial charge in [0.15, 0.2) is 0 Å². The maximum atomic E-state index is 11.7. The number of hydrogen-bond acceptors (Lipinski definition) is 5. The molecular weight excluding hydrogens is 298 g/mol. The molecule has 0 spiro atoms. The van der Waals surface area contributed by atoms with Crippen molar-refractivity contribution in [3.8, 4) is 0 Å². The molecule has 1 heterocycles. The summed E-state index contributed by atoms with van der Waals surface area (Å²) in [6.07, 6.45) is 0. The number of benzene rings is 1. The zero-order valence-corrected chi connectivity index (χ0v) is 13.9. The van der Waals surface area contributed by atoms with E-state index in [1.807, 2.05) is 24.3 Å². The first kappa shape index (κ1) is 16.6. The van der Waals surface area contributed by atoms with Crippen LogP contribution in [0.25, 0.3) is 0 Å². The number of anilines is 2. The number of aromatic amines is 1. The van der Waals surface area contributed by atoms with Crippen LogP contribution in [0.15, 0.2) is 35.1 Å². The fourth-order valence-corrected chi connectivity index (χ4v) is 2.53. The van der Waals surface area contributed by atoms with Crippen molar-refractivity contribution in [2.45, 2.75) is 31.5 Å². The van der Waals surface area contributed by atoms with E-state index in [-0.39, 0.29) is 5.56 Å². The molecule has 0 amide bonds. The Labute approximate surface area is 134 Å². The maximum absolute atomic E-state index is 11.7. The number of rotatable bonds is 7. The van der Waals surface area contributed by atoms with Gasteiger partial charge in [0, 0.05) is 24.6 Å². The van der Waals surface area contributed by atoms with Crippen LogP contribution in [0.1, 0.15) is 25.1 Å². The third-order valence-corrected chi connectivity index (χ3v) is 4.02. The molecule has 5 nitrogen and oxygen atoms in total. The number of H-pyrrole nitrogens is 1. The molecule has 2 aromatic rings. The van der Waals surface area contributed by atoms with Gasteiger partial charge in [0.05, 0.1) is 12.3 Å². The molecular formula is C16H21N3O2S. The van der Waals surface area contributed by atoms with Crippen LogP contribution in [0.4, 0.5) is 11.6 Å². The van der Waals surface area contributed by atoms with Crippen molar-refractivity contribution in [3.63, 3.8) is 0 Å². The Morgan fingerprint density at radius 2 is 2.05 bits per heavy atom. The number of nitrogens with one attached hydrogen (secondary N) is 2. The quantitative estimate of drug-likeness (QED) is 0.819. The lowest BCUT2D eigenvalue weighted by Gasteiger charge is -2.09. The summed E-state index contributed by atoms with van der Waals surface area (Å²) >= 11 is 1.76. The summed E-state index contributed by atoms with van der Waals surface area (Å²) in [6.45, 7) is 4.83. The molecule has 0 aliphatic rings. The van der Waals surface area contributed by atoms with Gasteiger partial charge in [0.2, 0.25) is 5.95 Å². The molecule has 0 radical (unpaired) electrons. The zero-order chi connectivity index (χ0) is 15.9. The molecule has 0 aliphatic heterocycles. The van der Waals surface area contributed by atoms with Crippen LogP contribution in [0, 0.1) is 0 Å². The predicted octanol–water partition coefficient (Wildman–Crippen LogP) is 3.30. The number of methoxy groups -OCH3 is 1. The van der Waals surface area contributed by atoms with Crippen molar-refractivity contribution in [2.75, 3.05) is 12.4 Å². The van der Waals surface area contributed by atoms with Gasteiger partial charge in [-0.1, -0.05) is 26.0 Å². The highest BCUT2D eigenvalue weighted by atomic mass is 32.2. The van der Waals surface area contributed by atoms with Gasteiger partial charge in [-0.3, -0.25) is 9.78 Å². The van der Waals surface area contributed by atoms with Gasteiger partial charge in [0.25, 0.3) is 5.56 Å². The first-order chi connectivity index (χ1) is 10.6. The zero-order valence-electron chi connectivity index (χ0n) is 13.1. The van der Waals surface area contributed by atoms with E-state index >= 15 is 0 Å². The third-order valence-electron chi connectivity index (χ3n) is 2.89. The minimum absolute atomic E-state index is 0.146. The Morgan fingerprint density at radius 1 is 1.32 bits per heavy atom. The highest BCUT2D eigenvalue weighted by Gasteiger charge is 2.04. The van der Waals surface area contributed by atoms with E-state index in [0.29, 0.717) is 17.8 Å². The van der Waals surface area contributed by atoms with Gasteiger partial charge >= 0.3 is 0 Å². The molecule has 1 aromatic carbocycles. The van der Waals surface area contributed by atoms with Crippen LogP contribution in [0.3, 0.4) is 0 Å². The van der Waals surface area contributed by atoms with Crippen molar-refractivity contribution < 1.29 is 4.74 Å². The molecule has 0 atom stereocenters. The van der Waals surface area contributed by atoms with Gasteiger partial charge in [-0.15, -0.1) is 0 Å². The number of nitrogens with zero attached hydrogens (tertiary/aromatic N) is 1. The van der Waals surface area contributed by atoms with E-state index in [0.717, 1.165) is 22.7 Å². The molecule has 2 rings (SSSR count). The SMILES string of the molecule is COCc1ccc(Nc2nc(CSC(C)C)cc(=O)[nH]2)cc1. The molecule has 0 saturated carbocycles. The Hall–Kier alpha value is -1.79. The molecule has 6 heteroatoms. The average Bonchev–Trinajstić information content (AvgIpc) is 2.47. The van der Waals surface area contributed by atoms with E-state index in [1.54, 1.807) is 24.9 Å². The largest absolute Gasteiger partial charge is 0.380 e. The van der Waals surface area contributed by atoms with Crippen LogP contribution in [-0.2, 0) is 17.1 Å². The lowest BCUT2D eigenvalue weighted by Crippen LogP contribution is -2.12. The van der Waals surface area contributed by atoms with Crippen LogP contribution in [0.2, 0.25) is 0 Å². The molecule has 22 heavy (non-hydrogen) atoms. The number of hydrogen-bond donors (Lipinski definition) is 2. The molecule has 118 valence electrons. The summed E-state index contributed by atoms with van der Waals surface area (Å²) in [6, 6.07) is 9.36. The maximum Gasteiger partial charge on any atom is 0.252 e. The predicted molar refractivity (Wildman–Crippen MR) is 91.7 cm³/mol. The second-order valence-corrected chi connectivity index (χ2v) is 6.76. The summed E-state index contributed by atoms with van der Waals surface area (Å²) in [5.41, 5.74) is 2.60. The topological polar surface area (TPSA) is 67.0 Å². The van der Waals surface area contributed by atoms with Crippen molar-refractivity contribution in [3.05, 3.63) is 51.9 Å². The fraction of sp³-hybridized carbons (Fsp3) is 0.375. The Balaban J connectivity index is 2.09. The third kappa shape index (κ3) is 5.20. The van der Waals surface area contributed by atoms with Gasteiger partial charge in [-0.2, -0.15) is 11.8 Å². The summed E-state index contributed by atoms with van der Waals surface area (Å²) in [5, 5.41) is 3.63. The molecule has 1 aromatic heterocycles. The van der Waals surface area contributed by atoms with Crippen LogP contribution >= 0.6 is 11.8 Å². The van der Waals surface area contributed by atoms with Crippen molar-refractivity contribution in [1.82, 2.24) is 9.97 Å². The molecule has 0 bridgehead atoms. The van der Waals surface area contributed by atoms with E-state index in [4.69, 9.17) is 4.74 Å². The van der Waals surface area contributed by atoms with Crippen LogP contribution in [0.5, 0.6) is 0 Å². The second-order valence-electron chi connectivity index (χ2n) is 5.20. The van der Waals surface area contributed by atoms with E-state index in [2.05, 4.69) is 29.1 Å². The van der Waals surface area contributed by atoms with Crippen molar-refractivity contribution in [1.29, 1.82) is 0 Å². The van der Waals surface area contributed by atoms with Gasteiger partial charge in [-0.25, -0.2) is 4.98 Å². The van der Waals surface area contributed by atoms with E-state index in [1.165, 1.54) is 0 Å². The second kappa shape index (κ2) is 8.00. The van der Waals surface area contributed by atoms with Crippen LogP contribution < -0.4 is 10.9 Å². The fourth-order valence-electron chi connectivity index (χ4n) is 1.88. The molecule has 2 N–H and O–H groups in total. The normalized spacial score (nSPS) is 10.9. The minimum atomic E-state index is -0.146. The summed E-state index contributed by atoms with van der Waals surface area (Å²) in [4.78, 5) is 18.9. The molecule has 0 saturated heterocycles. The number of ether oxygens (including phenoxy) is 1. The monoisotopic (exact) mass is 319 g/mol. The lowest BCUT2D eigenvalue weighted by molar-refractivity contribution is 0.185. The number of thioether (sulfide) groups is 1. The Morgan fingerprint density at radius 3 is 2.68 bits per heavy atom. The van der Waals surface area contributed by atoms with Crippen molar-refractivity contribution in [2.24, 2.45) is 0 Å². The van der Waals surface area contributed by atoms with Gasteiger partial charge in [0.1, 0.15) is 0 Å². The summed E-state index contributed by atoms with van der Waals surface area (Å²) < 4.78 is 5.08. The highest BCUT2D eigenvalue weighted by molar-refractivity contribution is 7.99. The van der Waals surface area contributed by atoms with E-state index in [9.17, 15) is 4.79 Å². The summed E-state index contributed by atoms with van der Waals surface area (Å²) in [7, 11) is 1.67.